The van der Waals surface area contributed by atoms with Gasteiger partial charge < -0.3 is 15.3 Å². The van der Waals surface area contributed by atoms with Crippen LogP contribution < -0.4 is 5.32 Å². The Morgan fingerprint density at radius 2 is 1.85 bits per heavy atom. The van der Waals surface area contributed by atoms with Gasteiger partial charge in [0.05, 0.1) is 11.5 Å². The number of aromatic carboxylic acids is 1. The largest absolute Gasteiger partial charge is 0.478 e. The van der Waals surface area contributed by atoms with Crippen LogP contribution in [0.25, 0.3) is 0 Å². The first kappa shape index (κ1) is 18.4. The van der Waals surface area contributed by atoms with Gasteiger partial charge in [-0.1, -0.05) is 31.7 Å². The molecule has 26 heavy (non-hydrogen) atoms. The van der Waals surface area contributed by atoms with Crippen molar-refractivity contribution < 1.29 is 19.5 Å². The summed E-state index contributed by atoms with van der Waals surface area (Å²) in [5.74, 6) is -1.55. The molecule has 0 unspecified atom stereocenters. The molecular formula is C20H26N2O4. The van der Waals surface area contributed by atoms with Crippen molar-refractivity contribution in [2.75, 3.05) is 11.9 Å². The van der Waals surface area contributed by atoms with Crippen LogP contribution in [0.15, 0.2) is 18.2 Å². The quantitative estimate of drug-likeness (QED) is 0.809. The van der Waals surface area contributed by atoms with Crippen molar-refractivity contribution in [2.45, 2.75) is 57.9 Å². The van der Waals surface area contributed by atoms with Gasteiger partial charge in [-0.2, -0.15) is 0 Å². The van der Waals surface area contributed by atoms with Crippen LogP contribution in [0.5, 0.6) is 0 Å². The van der Waals surface area contributed by atoms with Crippen molar-refractivity contribution in [1.82, 2.24) is 4.90 Å². The molecule has 2 fully saturated rings. The molecular weight excluding hydrogens is 332 g/mol. The van der Waals surface area contributed by atoms with Crippen LogP contribution in [-0.2, 0) is 9.59 Å². The van der Waals surface area contributed by atoms with Gasteiger partial charge in [0.1, 0.15) is 0 Å². The molecule has 0 aromatic heterocycles. The smallest absolute Gasteiger partial charge is 0.335 e. The van der Waals surface area contributed by atoms with Gasteiger partial charge in [0.15, 0.2) is 0 Å². The van der Waals surface area contributed by atoms with Gasteiger partial charge in [0.25, 0.3) is 0 Å². The number of rotatable bonds is 4. The summed E-state index contributed by atoms with van der Waals surface area (Å²) in [7, 11) is 0. The fraction of sp³-hybridized carbons (Fsp3) is 0.550. The Kier molecular flexibility index (Phi) is 5.59. The van der Waals surface area contributed by atoms with Gasteiger partial charge in [-0.25, -0.2) is 4.79 Å². The minimum atomic E-state index is -1.03. The molecule has 1 atom stereocenters. The molecule has 3 rings (SSSR count). The molecule has 1 saturated heterocycles. The molecule has 1 saturated carbocycles. The number of carboxylic acid groups (broad SMARTS) is 1. The first-order valence-electron chi connectivity index (χ1n) is 9.40. The summed E-state index contributed by atoms with van der Waals surface area (Å²) in [6.07, 6.45) is 7.03. The molecule has 2 aliphatic rings. The average Bonchev–Trinajstić information content (AvgIpc) is 2.82. The highest BCUT2D eigenvalue weighted by Gasteiger charge is 2.38. The number of nitrogens with one attached hydrogen (secondary N) is 1. The van der Waals surface area contributed by atoms with E-state index >= 15 is 0 Å². The standard InChI is InChI=1S/C20H26N2O4/c1-13-8-9-14(20(25)26)10-17(13)21-19(24)15-11-18(23)22(12-15)16-6-4-2-3-5-7-16/h8-10,15-16H,2-7,11-12H2,1H3,(H,21,24)(H,25,26)/t15-/m0/s1. The lowest BCUT2D eigenvalue weighted by molar-refractivity contribution is -0.130. The van der Waals surface area contributed by atoms with E-state index in [1.54, 1.807) is 6.07 Å². The van der Waals surface area contributed by atoms with Gasteiger partial charge in [0.2, 0.25) is 11.8 Å². The Hall–Kier alpha value is -2.37. The predicted molar refractivity (Wildman–Crippen MR) is 98.1 cm³/mol. The number of benzene rings is 1. The summed E-state index contributed by atoms with van der Waals surface area (Å²) in [6.45, 7) is 2.28. The van der Waals surface area contributed by atoms with Gasteiger partial charge in [0, 0.05) is 24.7 Å². The lowest BCUT2D eigenvalue weighted by atomic mass is 10.1. The van der Waals surface area contributed by atoms with Crippen LogP contribution in [0.4, 0.5) is 5.69 Å². The van der Waals surface area contributed by atoms with Crippen molar-refractivity contribution >= 4 is 23.5 Å². The zero-order valence-corrected chi connectivity index (χ0v) is 15.2. The summed E-state index contributed by atoms with van der Waals surface area (Å²) in [4.78, 5) is 38.1. The first-order chi connectivity index (χ1) is 12.5. The molecule has 0 radical (unpaired) electrons. The Bertz CT molecular complexity index is 708. The third-order valence-corrected chi connectivity index (χ3v) is 5.54. The van der Waals surface area contributed by atoms with Crippen molar-refractivity contribution in [1.29, 1.82) is 0 Å². The van der Waals surface area contributed by atoms with E-state index in [9.17, 15) is 14.4 Å². The fourth-order valence-electron chi connectivity index (χ4n) is 3.95. The molecule has 1 aliphatic heterocycles. The van der Waals surface area contributed by atoms with Crippen molar-refractivity contribution in [3.63, 3.8) is 0 Å². The normalized spacial score (nSPS) is 21.5. The van der Waals surface area contributed by atoms with E-state index in [-0.39, 0.29) is 35.8 Å². The lowest BCUT2D eigenvalue weighted by Gasteiger charge is -2.27. The number of anilines is 1. The summed E-state index contributed by atoms with van der Waals surface area (Å²) >= 11 is 0. The number of amides is 2. The number of likely N-dealkylation sites (tertiary alicyclic amines) is 1. The minimum absolute atomic E-state index is 0.0630. The molecule has 1 aliphatic carbocycles. The summed E-state index contributed by atoms with van der Waals surface area (Å²) in [6, 6.07) is 4.92. The Balaban J connectivity index is 1.66. The summed E-state index contributed by atoms with van der Waals surface area (Å²) in [5.41, 5.74) is 1.43. The maximum atomic E-state index is 12.7. The highest BCUT2D eigenvalue weighted by Crippen LogP contribution is 2.29. The molecule has 2 N–H and O–H groups in total. The van der Waals surface area contributed by atoms with E-state index in [0.717, 1.165) is 31.2 Å². The lowest BCUT2D eigenvalue weighted by Crippen LogP contribution is -2.37. The third kappa shape index (κ3) is 4.06. The van der Waals surface area contributed by atoms with E-state index in [1.807, 2.05) is 11.8 Å². The SMILES string of the molecule is Cc1ccc(C(=O)O)cc1NC(=O)[C@H]1CC(=O)N(C2CCCCCC2)C1. The maximum absolute atomic E-state index is 12.7. The maximum Gasteiger partial charge on any atom is 0.335 e. The monoisotopic (exact) mass is 358 g/mol. The van der Waals surface area contributed by atoms with E-state index in [2.05, 4.69) is 5.32 Å². The molecule has 2 amide bonds. The van der Waals surface area contributed by atoms with Crippen molar-refractivity contribution in [3.05, 3.63) is 29.3 Å². The molecule has 140 valence electrons. The van der Waals surface area contributed by atoms with E-state index in [1.165, 1.54) is 25.0 Å². The second-order valence-electron chi connectivity index (χ2n) is 7.42. The predicted octanol–water partition coefficient (Wildman–Crippen LogP) is 3.20. The topological polar surface area (TPSA) is 86.7 Å². The molecule has 0 bridgehead atoms. The van der Waals surface area contributed by atoms with Crippen molar-refractivity contribution in [2.24, 2.45) is 5.92 Å². The number of carbonyl (C=O) groups is 3. The Morgan fingerprint density at radius 3 is 2.50 bits per heavy atom. The Morgan fingerprint density at radius 1 is 1.15 bits per heavy atom. The number of carboxylic acids is 1. The number of carbonyl (C=O) groups excluding carboxylic acids is 2. The third-order valence-electron chi connectivity index (χ3n) is 5.54. The van der Waals surface area contributed by atoms with Gasteiger partial charge in [-0.3, -0.25) is 9.59 Å². The molecule has 1 aromatic rings. The zero-order valence-electron chi connectivity index (χ0n) is 15.2. The summed E-state index contributed by atoms with van der Waals surface area (Å²) < 4.78 is 0. The number of hydrogen-bond donors (Lipinski definition) is 2. The highest BCUT2D eigenvalue weighted by atomic mass is 16.4. The van der Waals surface area contributed by atoms with Crippen LogP contribution >= 0.6 is 0 Å². The van der Waals surface area contributed by atoms with Crippen LogP contribution in [-0.4, -0.2) is 40.4 Å². The fourth-order valence-corrected chi connectivity index (χ4v) is 3.95. The molecule has 6 heteroatoms. The number of nitrogens with zero attached hydrogens (tertiary/aromatic N) is 1. The number of aryl methyl sites for hydroxylation is 1. The van der Waals surface area contributed by atoms with E-state index < -0.39 is 5.97 Å². The summed E-state index contributed by atoms with van der Waals surface area (Å²) in [5, 5.41) is 11.9. The molecule has 6 nitrogen and oxygen atoms in total. The van der Waals surface area contributed by atoms with E-state index in [4.69, 9.17) is 5.11 Å². The van der Waals surface area contributed by atoms with Crippen molar-refractivity contribution in [3.8, 4) is 0 Å². The second-order valence-corrected chi connectivity index (χ2v) is 7.42. The number of hydrogen-bond acceptors (Lipinski definition) is 3. The van der Waals surface area contributed by atoms with Crippen LogP contribution in [0.2, 0.25) is 0 Å². The first-order valence-corrected chi connectivity index (χ1v) is 9.40. The molecule has 1 aromatic carbocycles. The molecule has 1 heterocycles. The highest BCUT2D eigenvalue weighted by molar-refractivity contribution is 5.99. The van der Waals surface area contributed by atoms with Crippen LogP contribution in [0.1, 0.15) is 60.9 Å². The Labute approximate surface area is 153 Å². The second kappa shape index (κ2) is 7.89. The van der Waals surface area contributed by atoms with Gasteiger partial charge in [-0.05, 0) is 37.5 Å². The van der Waals surface area contributed by atoms with Crippen LogP contribution in [0, 0.1) is 12.8 Å². The minimum Gasteiger partial charge on any atom is -0.478 e. The van der Waals surface area contributed by atoms with Gasteiger partial charge >= 0.3 is 5.97 Å². The average molecular weight is 358 g/mol. The van der Waals surface area contributed by atoms with Crippen LogP contribution in [0.3, 0.4) is 0 Å². The van der Waals surface area contributed by atoms with E-state index in [0.29, 0.717) is 12.2 Å². The zero-order chi connectivity index (χ0) is 18.7. The van der Waals surface area contributed by atoms with Gasteiger partial charge in [-0.15, -0.1) is 0 Å². The molecule has 0 spiro atoms.